The smallest absolute Gasteiger partial charge is 0.322 e. The van der Waals surface area contributed by atoms with Crippen LogP contribution < -0.4 is 10.6 Å². The molecule has 0 spiro atoms. The van der Waals surface area contributed by atoms with E-state index < -0.39 is 12.0 Å². The van der Waals surface area contributed by atoms with Gasteiger partial charge < -0.3 is 20.6 Å². The summed E-state index contributed by atoms with van der Waals surface area (Å²) >= 11 is 0. The number of carboxylic acids is 1. The summed E-state index contributed by atoms with van der Waals surface area (Å²) in [5, 5.41) is 14.8. The number of rotatable bonds is 7. The molecule has 8 heteroatoms. The number of carbonyl (C=O) groups excluding carboxylic acids is 2. The van der Waals surface area contributed by atoms with Crippen molar-refractivity contribution in [1.29, 1.82) is 0 Å². The Morgan fingerprint density at radius 1 is 1.43 bits per heavy atom. The first-order valence-electron chi connectivity index (χ1n) is 7.14. The Labute approximate surface area is 124 Å². The van der Waals surface area contributed by atoms with Crippen LogP contribution in [0.4, 0.5) is 0 Å². The van der Waals surface area contributed by atoms with Gasteiger partial charge in [-0.25, -0.2) is 0 Å². The number of carboxylic acid groups (broad SMARTS) is 1. The summed E-state index contributed by atoms with van der Waals surface area (Å²) in [6, 6.07) is -0.704. The highest BCUT2D eigenvalue weighted by atomic mass is 16.4. The zero-order valence-corrected chi connectivity index (χ0v) is 12.6. The van der Waals surface area contributed by atoms with E-state index in [1.165, 1.54) is 4.90 Å². The molecule has 0 aromatic rings. The molecule has 0 bridgehead atoms. The Morgan fingerprint density at radius 3 is 2.76 bits per heavy atom. The zero-order valence-electron chi connectivity index (χ0n) is 12.6. The molecule has 1 unspecified atom stereocenters. The number of piperazine rings is 1. The minimum absolute atomic E-state index is 0.0101. The van der Waals surface area contributed by atoms with Crippen molar-refractivity contribution < 1.29 is 19.5 Å². The molecule has 2 amide bonds. The predicted octanol–water partition coefficient (Wildman–Crippen LogP) is -1.67. The monoisotopic (exact) mass is 300 g/mol. The van der Waals surface area contributed by atoms with E-state index in [0.29, 0.717) is 26.2 Å². The lowest BCUT2D eigenvalue weighted by Gasteiger charge is -2.33. The summed E-state index contributed by atoms with van der Waals surface area (Å²) in [7, 11) is 1.55. The Morgan fingerprint density at radius 2 is 2.14 bits per heavy atom. The molecule has 0 aliphatic carbocycles. The van der Waals surface area contributed by atoms with Crippen molar-refractivity contribution in [2.45, 2.75) is 19.4 Å². The van der Waals surface area contributed by atoms with Gasteiger partial charge in [-0.1, -0.05) is 6.92 Å². The van der Waals surface area contributed by atoms with Gasteiger partial charge in [-0.2, -0.15) is 0 Å². The van der Waals surface area contributed by atoms with Gasteiger partial charge in [-0.3, -0.25) is 19.3 Å². The van der Waals surface area contributed by atoms with Gasteiger partial charge in [0, 0.05) is 33.2 Å². The van der Waals surface area contributed by atoms with Gasteiger partial charge >= 0.3 is 5.97 Å². The normalized spacial score (nSPS) is 19.0. The summed E-state index contributed by atoms with van der Waals surface area (Å²) in [6.45, 7) is 4.00. The first-order valence-corrected chi connectivity index (χ1v) is 7.14. The molecule has 21 heavy (non-hydrogen) atoms. The van der Waals surface area contributed by atoms with Crippen LogP contribution in [0.3, 0.4) is 0 Å². The number of hydrogen-bond acceptors (Lipinski definition) is 5. The van der Waals surface area contributed by atoms with Crippen LogP contribution in [0, 0.1) is 0 Å². The molecular formula is C13H24N4O4. The largest absolute Gasteiger partial charge is 0.480 e. The van der Waals surface area contributed by atoms with E-state index in [9.17, 15) is 14.4 Å². The van der Waals surface area contributed by atoms with E-state index in [1.54, 1.807) is 11.9 Å². The first kappa shape index (κ1) is 17.4. The minimum atomic E-state index is -0.946. The van der Waals surface area contributed by atoms with Crippen molar-refractivity contribution in [2.75, 3.05) is 46.3 Å². The second-order valence-corrected chi connectivity index (χ2v) is 5.13. The van der Waals surface area contributed by atoms with E-state index >= 15 is 0 Å². The summed E-state index contributed by atoms with van der Waals surface area (Å²) in [5.74, 6) is -1.41. The van der Waals surface area contributed by atoms with E-state index in [-0.39, 0.29) is 24.9 Å². The van der Waals surface area contributed by atoms with Gasteiger partial charge in [-0.05, 0) is 6.42 Å². The van der Waals surface area contributed by atoms with Crippen LogP contribution in [0.2, 0.25) is 0 Å². The number of hydrogen-bond donors (Lipinski definition) is 3. The van der Waals surface area contributed by atoms with E-state index in [2.05, 4.69) is 10.6 Å². The average Bonchev–Trinajstić information content (AvgIpc) is 2.45. The highest BCUT2D eigenvalue weighted by molar-refractivity contribution is 5.86. The molecule has 1 atom stereocenters. The summed E-state index contributed by atoms with van der Waals surface area (Å²) in [5.41, 5.74) is 0. The molecule has 0 aromatic heterocycles. The molecule has 0 saturated carbocycles. The maximum Gasteiger partial charge on any atom is 0.322 e. The van der Waals surface area contributed by atoms with Crippen LogP contribution in [0.1, 0.15) is 13.3 Å². The molecule has 3 N–H and O–H groups in total. The Kier molecular flexibility index (Phi) is 7.10. The SMILES string of the molecule is CCCNC(=O)CN(C)C(=O)CN1CCNCC1C(=O)O. The standard InChI is InChI=1S/C13H24N4O4/c1-3-4-15-11(18)8-16(2)12(19)9-17-6-5-14-7-10(17)13(20)21/h10,14H,3-9H2,1-2H3,(H,15,18)(H,20,21). The number of amides is 2. The zero-order chi connectivity index (χ0) is 15.8. The molecule has 1 aliphatic rings. The topological polar surface area (TPSA) is 102 Å². The van der Waals surface area contributed by atoms with Crippen molar-refractivity contribution in [3.8, 4) is 0 Å². The number of likely N-dealkylation sites (N-methyl/N-ethyl adjacent to an activating group) is 1. The van der Waals surface area contributed by atoms with Crippen LogP contribution in [0.15, 0.2) is 0 Å². The van der Waals surface area contributed by atoms with E-state index in [1.807, 2.05) is 6.92 Å². The molecule has 8 nitrogen and oxygen atoms in total. The fourth-order valence-electron chi connectivity index (χ4n) is 2.10. The van der Waals surface area contributed by atoms with Gasteiger partial charge in [-0.15, -0.1) is 0 Å². The van der Waals surface area contributed by atoms with Crippen LogP contribution in [-0.4, -0.2) is 85.0 Å². The van der Waals surface area contributed by atoms with Gasteiger partial charge in [0.25, 0.3) is 0 Å². The molecular weight excluding hydrogens is 276 g/mol. The molecule has 1 rings (SSSR count). The van der Waals surface area contributed by atoms with Crippen molar-refractivity contribution in [3.63, 3.8) is 0 Å². The van der Waals surface area contributed by atoms with Crippen molar-refractivity contribution in [1.82, 2.24) is 20.4 Å². The lowest BCUT2D eigenvalue weighted by atomic mass is 10.2. The lowest BCUT2D eigenvalue weighted by molar-refractivity contribution is -0.146. The van der Waals surface area contributed by atoms with Crippen molar-refractivity contribution >= 4 is 17.8 Å². The highest BCUT2D eigenvalue weighted by Gasteiger charge is 2.30. The molecule has 0 radical (unpaired) electrons. The van der Waals surface area contributed by atoms with Gasteiger partial charge in [0.1, 0.15) is 6.04 Å². The number of nitrogens with zero attached hydrogens (tertiary/aromatic N) is 2. The molecule has 1 saturated heterocycles. The Bertz CT molecular complexity index is 388. The third-order valence-corrected chi connectivity index (χ3v) is 3.36. The lowest BCUT2D eigenvalue weighted by Crippen LogP contribution is -2.57. The van der Waals surface area contributed by atoms with Crippen LogP contribution in [0.25, 0.3) is 0 Å². The Balaban J connectivity index is 2.46. The van der Waals surface area contributed by atoms with E-state index in [4.69, 9.17) is 5.11 Å². The summed E-state index contributed by atoms with van der Waals surface area (Å²) in [4.78, 5) is 37.7. The minimum Gasteiger partial charge on any atom is -0.480 e. The highest BCUT2D eigenvalue weighted by Crippen LogP contribution is 2.04. The third-order valence-electron chi connectivity index (χ3n) is 3.36. The molecule has 1 fully saturated rings. The molecule has 0 aromatic carbocycles. The maximum absolute atomic E-state index is 12.1. The fraction of sp³-hybridized carbons (Fsp3) is 0.769. The van der Waals surface area contributed by atoms with Gasteiger partial charge in [0.15, 0.2) is 0 Å². The van der Waals surface area contributed by atoms with Crippen LogP contribution in [-0.2, 0) is 14.4 Å². The predicted molar refractivity (Wildman–Crippen MR) is 76.8 cm³/mol. The van der Waals surface area contributed by atoms with E-state index in [0.717, 1.165) is 6.42 Å². The first-order chi connectivity index (χ1) is 9.95. The van der Waals surface area contributed by atoms with Crippen LogP contribution >= 0.6 is 0 Å². The Hall–Kier alpha value is -1.67. The number of nitrogens with one attached hydrogen (secondary N) is 2. The van der Waals surface area contributed by atoms with Crippen molar-refractivity contribution in [3.05, 3.63) is 0 Å². The molecule has 1 aliphatic heterocycles. The fourth-order valence-corrected chi connectivity index (χ4v) is 2.10. The second-order valence-electron chi connectivity index (χ2n) is 5.13. The number of aliphatic carboxylic acids is 1. The molecule has 120 valence electrons. The average molecular weight is 300 g/mol. The molecule has 1 heterocycles. The third kappa shape index (κ3) is 5.68. The van der Waals surface area contributed by atoms with Gasteiger partial charge in [0.2, 0.25) is 11.8 Å². The van der Waals surface area contributed by atoms with Gasteiger partial charge in [0.05, 0.1) is 13.1 Å². The van der Waals surface area contributed by atoms with Crippen molar-refractivity contribution in [2.24, 2.45) is 0 Å². The number of carbonyl (C=O) groups is 3. The second kappa shape index (κ2) is 8.58. The quantitative estimate of drug-likeness (QED) is 0.519. The summed E-state index contributed by atoms with van der Waals surface area (Å²) in [6.07, 6.45) is 0.838. The van der Waals surface area contributed by atoms with Crippen LogP contribution in [0.5, 0.6) is 0 Å². The maximum atomic E-state index is 12.1. The summed E-state index contributed by atoms with van der Waals surface area (Å²) < 4.78 is 0.